The molecule has 1 atom stereocenters. The molecule has 3 rings (SSSR count). The molecule has 1 saturated heterocycles. The van der Waals surface area contributed by atoms with Gasteiger partial charge in [-0.05, 0) is 100 Å². The van der Waals surface area contributed by atoms with Crippen molar-refractivity contribution >= 4 is 21.8 Å². The number of nitrogens with zero attached hydrogens (tertiary/aromatic N) is 1. The zero-order valence-electron chi connectivity index (χ0n) is 18.5. The average Bonchev–Trinajstić information content (AvgIpc) is 3.18. The monoisotopic (exact) mass is 480 g/mol. The quantitative estimate of drug-likeness (QED) is 0.538. The van der Waals surface area contributed by atoms with Gasteiger partial charge in [0.15, 0.2) is 0 Å². The van der Waals surface area contributed by atoms with Crippen LogP contribution >= 0.6 is 15.9 Å². The highest BCUT2D eigenvalue weighted by atomic mass is 79.9. The minimum atomic E-state index is 0.0190. The second-order valence-corrected chi connectivity index (χ2v) is 9.83. The largest absolute Gasteiger partial charge is 0.497 e. The van der Waals surface area contributed by atoms with E-state index in [9.17, 15) is 4.79 Å². The van der Waals surface area contributed by atoms with Gasteiger partial charge in [-0.2, -0.15) is 0 Å². The molecule has 0 bridgehead atoms. The predicted octanol–water partition coefficient (Wildman–Crippen LogP) is 4.42. The van der Waals surface area contributed by atoms with E-state index in [1.807, 2.05) is 6.07 Å². The van der Waals surface area contributed by atoms with E-state index >= 15 is 0 Å². The Labute approximate surface area is 190 Å². The van der Waals surface area contributed by atoms with Crippen LogP contribution in [0.5, 0.6) is 5.75 Å². The maximum absolute atomic E-state index is 11.7. The number of methoxy groups -OCH3 is 2. The van der Waals surface area contributed by atoms with E-state index in [0.29, 0.717) is 6.04 Å². The Morgan fingerprint density at radius 3 is 2.70 bits per heavy atom. The summed E-state index contributed by atoms with van der Waals surface area (Å²) in [5.41, 5.74) is 1.36. The first kappa shape index (κ1) is 23.6. The van der Waals surface area contributed by atoms with E-state index in [2.05, 4.69) is 38.3 Å². The Morgan fingerprint density at radius 2 is 1.97 bits per heavy atom. The van der Waals surface area contributed by atoms with E-state index in [1.165, 1.54) is 61.8 Å². The number of rotatable bonds is 10. The molecule has 168 valence electrons. The molecule has 1 aromatic rings. The van der Waals surface area contributed by atoms with Gasteiger partial charge in [0.25, 0.3) is 0 Å². The highest BCUT2D eigenvalue weighted by Gasteiger charge is 2.25. The summed E-state index contributed by atoms with van der Waals surface area (Å²) < 4.78 is 11.5. The van der Waals surface area contributed by atoms with Crippen LogP contribution in [0.3, 0.4) is 0 Å². The van der Waals surface area contributed by atoms with Crippen LogP contribution < -0.4 is 10.1 Å². The van der Waals surface area contributed by atoms with Crippen molar-refractivity contribution in [1.82, 2.24) is 10.2 Å². The summed E-state index contributed by atoms with van der Waals surface area (Å²) in [5, 5.41) is 3.09. The molecule has 1 aromatic carbocycles. The van der Waals surface area contributed by atoms with Crippen LogP contribution in [0.15, 0.2) is 22.7 Å². The average molecular weight is 481 g/mol. The minimum Gasteiger partial charge on any atom is -0.497 e. The van der Waals surface area contributed by atoms with Crippen LogP contribution in [0.1, 0.15) is 50.5 Å². The van der Waals surface area contributed by atoms with Gasteiger partial charge in [-0.25, -0.2) is 0 Å². The van der Waals surface area contributed by atoms with Crippen molar-refractivity contribution < 1.29 is 14.3 Å². The highest BCUT2D eigenvalue weighted by Crippen LogP contribution is 2.30. The molecule has 6 heteroatoms. The third kappa shape index (κ3) is 7.24. The Kier molecular flexibility index (Phi) is 9.47. The normalized spacial score (nSPS) is 24.7. The second-order valence-electron chi connectivity index (χ2n) is 8.98. The van der Waals surface area contributed by atoms with Crippen molar-refractivity contribution in [3.63, 3.8) is 0 Å². The molecule has 1 amide bonds. The van der Waals surface area contributed by atoms with E-state index in [4.69, 9.17) is 9.47 Å². The Hall–Kier alpha value is -1.11. The van der Waals surface area contributed by atoms with Gasteiger partial charge in [0.2, 0.25) is 5.91 Å². The van der Waals surface area contributed by atoms with Gasteiger partial charge in [-0.1, -0.05) is 15.9 Å². The number of halogens is 1. The van der Waals surface area contributed by atoms with Crippen LogP contribution in [0, 0.1) is 11.8 Å². The molecule has 1 unspecified atom stereocenters. The number of ether oxygens (including phenoxy) is 2. The molecule has 0 radical (unpaired) electrons. The van der Waals surface area contributed by atoms with Crippen LogP contribution in [0.25, 0.3) is 0 Å². The smallest absolute Gasteiger partial charge is 0.246 e. The van der Waals surface area contributed by atoms with E-state index in [1.54, 1.807) is 14.2 Å². The number of likely N-dealkylation sites (tertiary alicyclic amines) is 1. The second kappa shape index (κ2) is 12.1. The van der Waals surface area contributed by atoms with Gasteiger partial charge in [-0.3, -0.25) is 4.79 Å². The lowest BCUT2D eigenvalue weighted by atomic mass is 9.83. The summed E-state index contributed by atoms with van der Waals surface area (Å²) in [7, 11) is 3.30. The van der Waals surface area contributed by atoms with Crippen molar-refractivity contribution in [3.8, 4) is 5.75 Å². The summed E-state index contributed by atoms with van der Waals surface area (Å²) >= 11 is 3.69. The number of amides is 1. The molecule has 0 spiro atoms. The topological polar surface area (TPSA) is 50.8 Å². The number of carbonyl (C=O) groups excluding carboxylic acids is 1. The van der Waals surface area contributed by atoms with Crippen LogP contribution in [-0.2, 0) is 16.0 Å². The molecule has 1 aliphatic carbocycles. The number of carbonyl (C=O) groups is 1. The zero-order chi connectivity index (χ0) is 21.3. The molecule has 0 aromatic heterocycles. The Morgan fingerprint density at radius 1 is 1.17 bits per heavy atom. The van der Waals surface area contributed by atoms with Gasteiger partial charge in [0, 0.05) is 24.2 Å². The Balaban J connectivity index is 1.31. The summed E-state index contributed by atoms with van der Waals surface area (Å²) in [6.45, 7) is 3.83. The molecule has 1 heterocycles. The molecule has 1 N–H and O–H groups in total. The van der Waals surface area contributed by atoms with Crippen molar-refractivity contribution in [2.45, 2.75) is 57.4 Å². The molecule has 30 heavy (non-hydrogen) atoms. The van der Waals surface area contributed by atoms with Gasteiger partial charge in [-0.15, -0.1) is 0 Å². The fraction of sp³-hybridized carbons (Fsp3) is 0.708. The van der Waals surface area contributed by atoms with Crippen molar-refractivity contribution in [1.29, 1.82) is 0 Å². The number of hydrogen-bond donors (Lipinski definition) is 1. The van der Waals surface area contributed by atoms with E-state index in [-0.39, 0.29) is 12.5 Å². The van der Waals surface area contributed by atoms with Crippen LogP contribution in [0.2, 0.25) is 0 Å². The highest BCUT2D eigenvalue weighted by molar-refractivity contribution is 9.10. The summed E-state index contributed by atoms with van der Waals surface area (Å²) in [6.07, 6.45) is 9.72. The molecule has 1 aliphatic heterocycles. The van der Waals surface area contributed by atoms with Gasteiger partial charge in [0.1, 0.15) is 12.4 Å². The van der Waals surface area contributed by atoms with Crippen LogP contribution in [0.4, 0.5) is 0 Å². The number of nitrogens with one attached hydrogen (secondary N) is 1. The lowest BCUT2D eigenvalue weighted by molar-refractivity contribution is -0.125. The summed E-state index contributed by atoms with van der Waals surface area (Å²) in [6, 6.07) is 6.62. The summed E-state index contributed by atoms with van der Waals surface area (Å²) in [4.78, 5) is 14.3. The maximum atomic E-state index is 11.7. The molecule has 2 aliphatic rings. The van der Waals surface area contributed by atoms with Crippen molar-refractivity contribution in [2.24, 2.45) is 11.8 Å². The third-order valence-electron chi connectivity index (χ3n) is 6.71. The van der Waals surface area contributed by atoms with Crippen molar-refractivity contribution in [3.05, 3.63) is 28.2 Å². The minimum absolute atomic E-state index is 0.0190. The lowest BCUT2D eigenvalue weighted by Crippen LogP contribution is -2.39. The number of benzene rings is 1. The zero-order valence-corrected chi connectivity index (χ0v) is 20.1. The molecule has 5 nitrogen and oxygen atoms in total. The fourth-order valence-corrected chi connectivity index (χ4v) is 5.44. The van der Waals surface area contributed by atoms with Crippen molar-refractivity contribution in [2.75, 3.05) is 40.5 Å². The SMILES string of the molecule is COCC(=O)N[C@H]1CC[C@H](CCCN2CCC(Cc3cc(OC)ccc3Br)C2)CC1. The van der Waals surface area contributed by atoms with E-state index < -0.39 is 0 Å². The Bertz CT molecular complexity index is 676. The summed E-state index contributed by atoms with van der Waals surface area (Å²) in [5.74, 6) is 2.52. The van der Waals surface area contributed by atoms with Gasteiger partial charge >= 0.3 is 0 Å². The maximum Gasteiger partial charge on any atom is 0.246 e. The van der Waals surface area contributed by atoms with E-state index in [0.717, 1.165) is 36.8 Å². The molecular weight excluding hydrogens is 444 g/mol. The fourth-order valence-electron chi connectivity index (χ4n) is 5.03. The standard InChI is InChI=1S/C24H37BrN2O3/c1-29-17-24(28)26-21-7-5-18(6-8-21)4-3-12-27-13-11-19(16-27)14-20-15-22(30-2)9-10-23(20)25/h9-10,15,18-19,21H,3-8,11-14,16-17H2,1-2H3,(H,26,28)/t18-,19?,21-. The van der Waals surface area contributed by atoms with Crippen LogP contribution in [-0.4, -0.2) is 57.3 Å². The first-order valence-electron chi connectivity index (χ1n) is 11.4. The third-order valence-corrected chi connectivity index (χ3v) is 7.48. The molecule has 1 saturated carbocycles. The number of hydrogen-bond acceptors (Lipinski definition) is 4. The first-order chi connectivity index (χ1) is 14.6. The lowest BCUT2D eigenvalue weighted by Gasteiger charge is -2.29. The predicted molar refractivity (Wildman–Crippen MR) is 124 cm³/mol. The molecular formula is C24H37BrN2O3. The van der Waals surface area contributed by atoms with Gasteiger partial charge < -0.3 is 19.7 Å². The van der Waals surface area contributed by atoms with Gasteiger partial charge in [0.05, 0.1) is 7.11 Å². The molecule has 2 fully saturated rings. The first-order valence-corrected chi connectivity index (χ1v) is 12.2.